The van der Waals surface area contributed by atoms with Gasteiger partial charge in [-0.1, -0.05) is 30.0 Å². The summed E-state index contributed by atoms with van der Waals surface area (Å²) in [6.45, 7) is 1.57. The maximum Gasteiger partial charge on any atom is 0.344 e. The molecule has 1 aliphatic rings. The third-order valence-corrected chi connectivity index (χ3v) is 6.08. The van der Waals surface area contributed by atoms with Crippen LogP contribution in [0.3, 0.4) is 0 Å². The fourth-order valence-corrected chi connectivity index (χ4v) is 4.53. The maximum absolute atomic E-state index is 12.6. The molecule has 0 saturated heterocycles. The van der Waals surface area contributed by atoms with E-state index in [1.807, 2.05) is 18.2 Å². The number of ether oxygens (including phenoxy) is 4. The molecule has 0 aliphatic carbocycles. The molecule has 0 fully saturated rings. The van der Waals surface area contributed by atoms with Crippen LogP contribution in [0.15, 0.2) is 68.2 Å². The number of benzene rings is 2. The Balaban J connectivity index is 2.00. The van der Waals surface area contributed by atoms with E-state index in [0.29, 0.717) is 37.2 Å². The zero-order valence-corrected chi connectivity index (χ0v) is 21.1. The standard InChI is InChI=1S/C24H22BrNO7S/c1-4-32-24(29)20-21(28)18(34-23(20)26-15-8-6-5-7-9-15)12-14-10-16(25)22(17(11-14)30-2)33-13-19(27)31-3/h5-12,28H,4,13H2,1-3H3/b18-12-,26-23?. The van der Waals surface area contributed by atoms with Gasteiger partial charge in [0.1, 0.15) is 16.4 Å². The molecule has 0 saturated carbocycles. The lowest BCUT2D eigenvalue weighted by Crippen LogP contribution is -2.13. The number of hydrogen-bond acceptors (Lipinski definition) is 9. The van der Waals surface area contributed by atoms with Gasteiger partial charge < -0.3 is 24.1 Å². The number of nitrogens with zero attached hydrogens (tertiary/aromatic N) is 1. The highest BCUT2D eigenvalue weighted by molar-refractivity contribution is 9.10. The molecule has 34 heavy (non-hydrogen) atoms. The van der Waals surface area contributed by atoms with Gasteiger partial charge in [-0.15, -0.1) is 0 Å². The minimum atomic E-state index is -0.657. The molecule has 8 nitrogen and oxygen atoms in total. The first-order valence-corrected chi connectivity index (χ1v) is 11.7. The number of aliphatic hydroxyl groups excluding tert-OH is 1. The predicted molar refractivity (Wildman–Crippen MR) is 134 cm³/mol. The van der Waals surface area contributed by atoms with Crippen molar-refractivity contribution in [1.82, 2.24) is 0 Å². The number of esters is 2. The first-order valence-electron chi connectivity index (χ1n) is 10.1. The lowest BCUT2D eigenvalue weighted by Gasteiger charge is -2.13. The van der Waals surface area contributed by atoms with Crippen LogP contribution in [0.2, 0.25) is 0 Å². The van der Waals surface area contributed by atoms with Crippen LogP contribution in [0, 0.1) is 0 Å². The van der Waals surface area contributed by atoms with E-state index in [4.69, 9.17) is 14.2 Å². The largest absolute Gasteiger partial charge is 0.506 e. The monoisotopic (exact) mass is 547 g/mol. The molecular weight excluding hydrogens is 526 g/mol. The lowest BCUT2D eigenvalue weighted by atomic mass is 10.1. The van der Waals surface area contributed by atoms with E-state index in [1.54, 1.807) is 37.3 Å². The zero-order valence-electron chi connectivity index (χ0n) is 18.7. The van der Waals surface area contributed by atoms with Crippen molar-refractivity contribution in [3.8, 4) is 11.5 Å². The number of rotatable bonds is 8. The Morgan fingerprint density at radius 1 is 1.18 bits per heavy atom. The van der Waals surface area contributed by atoms with E-state index in [9.17, 15) is 14.7 Å². The molecule has 0 unspecified atom stereocenters. The molecule has 2 aromatic carbocycles. The van der Waals surface area contributed by atoms with Crippen LogP contribution in [-0.2, 0) is 19.1 Å². The summed E-state index contributed by atoms with van der Waals surface area (Å²) in [5, 5.41) is 11.2. The molecule has 0 amide bonds. The average Bonchev–Trinajstić information content (AvgIpc) is 3.12. The molecule has 10 heteroatoms. The lowest BCUT2D eigenvalue weighted by molar-refractivity contribution is -0.143. The average molecular weight is 548 g/mol. The third kappa shape index (κ3) is 6.00. The van der Waals surface area contributed by atoms with Gasteiger partial charge in [0, 0.05) is 0 Å². The van der Waals surface area contributed by atoms with Gasteiger partial charge in [0.15, 0.2) is 18.1 Å². The van der Waals surface area contributed by atoms with Crippen LogP contribution in [0.5, 0.6) is 11.5 Å². The summed E-state index contributed by atoms with van der Waals surface area (Å²) in [7, 11) is 2.74. The first-order chi connectivity index (χ1) is 16.4. The molecule has 0 atom stereocenters. The summed E-state index contributed by atoms with van der Waals surface area (Å²) in [6, 6.07) is 12.5. The van der Waals surface area contributed by atoms with Crippen LogP contribution >= 0.6 is 27.7 Å². The summed E-state index contributed by atoms with van der Waals surface area (Å²) in [4.78, 5) is 28.9. The quantitative estimate of drug-likeness (QED) is 0.449. The van der Waals surface area contributed by atoms with Gasteiger partial charge >= 0.3 is 11.9 Å². The Morgan fingerprint density at radius 2 is 1.91 bits per heavy atom. The molecule has 0 bridgehead atoms. The van der Waals surface area contributed by atoms with Crippen molar-refractivity contribution in [2.75, 3.05) is 27.4 Å². The van der Waals surface area contributed by atoms with Gasteiger partial charge in [0.25, 0.3) is 0 Å². The van der Waals surface area contributed by atoms with Crippen molar-refractivity contribution in [3.63, 3.8) is 0 Å². The van der Waals surface area contributed by atoms with Crippen molar-refractivity contribution in [2.24, 2.45) is 4.99 Å². The number of hydrogen-bond donors (Lipinski definition) is 1. The molecule has 0 aromatic heterocycles. The SMILES string of the molecule is CCOC(=O)C1=C(O)/C(=C/c2cc(Br)c(OCC(=O)OC)c(OC)c2)SC1=Nc1ccccc1. The van der Waals surface area contributed by atoms with Crippen LogP contribution in [0.4, 0.5) is 5.69 Å². The zero-order chi connectivity index (χ0) is 24.7. The van der Waals surface area contributed by atoms with E-state index in [2.05, 4.69) is 25.7 Å². The van der Waals surface area contributed by atoms with Crippen molar-refractivity contribution in [3.05, 3.63) is 68.7 Å². The summed E-state index contributed by atoms with van der Waals surface area (Å²) in [5.74, 6) is -0.725. The third-order valence-electron chi connectivity index (χ3n) is 4.47. The van der Waals surface area contributed by atoms with Gasteiger partial charge in [-0.2, -0.15) is 0 Å². The summed E-state index contributed by atoms with van der Waals surface area (Å²) in [5.41, 5.74) is 1.29. The minimum absolute atomic E-state index is 0.00557. The molecular formula is C24H22BrNO7S. The van der Waals surface area contributed by atoms with E-state index in [-0.39, 0.29) is 24.5 Å². The number of para-hydroxylation sites is 1. The van der Waals surface area contributed by atoms with Crippen LogP contribution in [-0.4, -0.2) is 49.5 Å². The Kier molecular flexibility index (Phi) is 8.78. The highest BCUT2D eigenvalue weighted by Gasteiger charge is 2.33. The number of aliphatic imine (C=N–C) groups is 1. The van der Waals surface area contributed by atoms with Crippen LogP contribution < -0.4 is 9.47 Å². The second kappa shape index (κ2) is 11.8. The number of carbonyl (C=O) groups excluding carboxylic acids is 2. The normalized spacial score (nSPS) is 15.5. The van der Waals surface area contributed by atoms with E-state index in [1.165, 1.54) is 14.2 Å². The molecule has 178 valence electrons. The van der Waals surface area contributed by atoms with Crippen LogP contribution in [0.1, 0.15) is 12.5 Å². The summed E-state index contributed by atoms with van der Waals surface area (Å²) in [6.07, 6.45) is 1.68. The highest BCUT2D eigenvalue weighted by atomic mass is 79.9. The maximum atomic E-state index is 12.6. The summed E-state index contributed by atoms with van der Waals surface area (Å²) < 4.78 is 21.2. The number of methoxy groups -OCH3 is 2. The Morgan fingerprint density at radius 3 is 2.56 bits per heavy atom. The van der Waals surface area contributed by atoms with Crippen molar-refractivity contribution in [2.45, 2.75) is 6.92 Å². The molecule has 3 rings (SSSR count). The molecule has 1 N–H and O–H groups in total. The predicted octanol–water partition coefficient (Wildman–Crippen LogP) is 5.20. The van der Waals surface area contributed by atoms with Crippen molar-refractivity contribution < 1.29 is 33.6 Å². The minimum Gasteiger partial charge on any atom is -0.506 e. The van der Waals surface area contributed by atoms with E-state index in [0.717, 1.165) is 11.8 Å². The van der Waals surface area contributed by atoms with Crippen molar-refractivity contribution >= 4 is 56.4 Å². The molecule has 1 heterocycles. The second-order valence-corrected chi connectivity index (χ2v) is 8.59. The molecule has 2 aromatic rings. The topological polar surface area (TPSA) is 104 Å². The van der Waals surface area contributed by atoms with Gasteiger partial charge in [-0.05, 0) is 58.8 Å². The molecule has 0 spiro atoms. The van der Waals surface area contributed by atoms with Gasteiger partial charge in [0.2, 0.25) is 0 Å². The van der Waals surface area contributed by atoms with Crippen LogP contribution in [0.25, 0.3) is 6.08 Å². The van der Waals surface area contributed by atoms with E-state index < -0.39 is 11.9 Å². The highest BCUT2D eigenvalue weighted by Crippen LogP contribution is 2.42. The smallest absolute Gasteiger partial charge is 0.344 e. The Labute approximate surface area is 209 Å². The van der Waals surface area contributed by atoms with Gasteiger partial charge in [-0.25, -0.2) is 14.6 Å². The molecule has 1 aliphatic heterocycles. The van der Waals surface area contributed by atoms with Gasteiger partial charge in [-0.3, -0.25) is 0 Å². The number of thioether (sulfide) groups is 1. The fourth-order valence-electron chi connectivity index (χ4n) is 2.92. The molecule has 0 radical (unpaired) electrons. The fraction of sp³-hybridized carbons (Fsp3) is 0.208. The van der Waals surface area contributed by atoms with Gasteiger partial charge in [0.05, 0.1) is 35.9 Å². The summed E-state index contributed by atoms with van der Waals surface area (Å²) >= 11 is 4.57. The van der Waals surface area contributed by atoms with E-state index >= 15 is 0 Å². The number of carbonyl (C=O) groups is 2. The Bertz CT molecular complexity index is 1180. The van der Waals surface area contributed by atoms with Crippen molar-refractivity contribution in [1.29, 1.82) is 0 Å². The Hall–Kier alpha value is -3.24. The number of aliphatic hydroxyl groups is 1. The number of halogens is 1. The second-order valence-electron chi connectivity index (χ2n) is 6.71. The first kappa shape index (κ1) is 25.4.